The molecule has 1 amide bonds. The van der Waals surface area contributed by atoms with E-state index in [1.165, 1.54) is 37.6 Å². The van der Waals surface area contributed by atoms with Gasteiger partial charge in [-0.25, -0.2) is 8.42 Å². The van der Waals surface area contributed by atoms with Crippen molar-refractivity contribution < 1.29 is 22.7 Å². The smallest absolute Gasteiger partial charge is 0.275 e. The van der Waals surface area contributed by atoms with Crippen LogP contribution in [0, 0.1) is 13.8 Å². The number of pyridine rings is 1. The highest BCUT2D eigenvalue weighted by Crippen LogP contribution is 2.31. The summed E-state index contributed by atoms with van der Waals surface area (Å²) >= 11 is 0. The van der Waals surface area contributed by atoms with Crippen LogP contribution in [0.2, 0.25) is 0 Å². The second kappa shape index (κ2) is 10.6. The molecule has 4 rings (SSSR count). The molecule has 0 saturated heterocycles. The minimum atomic E-state index is -4.08. The average molecular weight is 516 g/mol. The van der Waals surface area contributed by atoms with E-state index in [4.69, 9.17) is 4.74 Å². The molecule has 0 unspecified atom stereocenters. The van der Waals surface area contributed by atoms with Crippen LogP contribution in [0.5, 0.6) is 5.75 Å². The van der Waals surface area contributed by atoms with Crippen molar-refractivity contribution in [1.82, 2.24) is 4.98 Å². The van der Waals surface area contributed by atoms with E-state index >= 15 is 0 Å². The summed E-state index contributed by atoms with van der Waals surface area (Å²) in [5.41, 5.74) is 2.65. The number of hydrogen-bond acceptors (Lipinski definition) is 6. The van der Waals surface area contributed by atoms with Gasteiger partial charge in [-0.3, -0.25) is 19.3 Å². The highest BCUT2D eigenvalue weighted by Gasteiger charge is 2.24. The number of carbonyl (C=O) groups is 2. The molecule has 9 heteroatoms. The molecule has 0 aliphatic heterocycles. The lowest BCUT2D eigenvalue weighted by molar-refractivity contribution is 0.0992. The Balaban J connectivity index is 1.66. The van der Waals surface area contributed by atoms with E-state index in [2.05, 4.69) is 15.0 Å². The van der Waals surface area contributed by atoms with Crippen molar-refractivity contribution in [2.45, 2.75) is 18.7 Å². The first kappa shape index (κ1) is 25.6. The molecule has 8 nitrogen and oxygen atoms in total. The van der Waals surface area contributed by atoms with E-state index < -0.39 is 15.9 Å². The first-order valence-corrected chi connectivity index (χ1v) is 12.8. The van der Waals surface area contributed by atoms with Crippen molar-refractivity contribution >= 4 is 33.1 Å². The molecule has 2 N–H and O–H groups in total. The molecule has 0 bridgehead atoms. The number of amides is 1. The van der Waals surface area contributed by atoms with Gasteiger partial charge in [0, 0.05) is 17.4 Å². The zero-order valence-electron chi connectivity index (χ0n) is 20.5. The Morgan fingerprint density at radius 1 is 0.865 bits per heavy atom. The number of benzene rings is 3. The Morgan fingerprint density at radius 3 is 2.24 bits per heavy atom. The fourth-order valence-electron chi connectivity index (χ4n) is 3.83. The molecule has 0 aliphatic carbocycles. The second-order valence-electron chi connectivity index (χ2n) is 8.29. The van der Waals surface area contributed by atoms with E-state index in [1.807, 2.05) is 6.07 Å². The molecule has 0 aliphatic rings. The van der Waals surface area contributed by atoms with Crippen molar-refractivity contribution in [3.05, 3.63) is 113 Å². The Kier molecular flexibility index (Phi) is 7.35. The normalized spacial score (nSPS) is 11.0. The topological polar surface area (TPSA) is 114 Å². The number of nitrogens with zero attached hydrogens (tertiary/aromatic N) is 1. The third kappa shape index (κ3) is 5.52. The first-order valence-electron chi connectivity index (χ1n) is 11.3. The highest BCUT2D eigenvalue weighted by atomic mass is 32.2. The average Bonchev–Trinajstić information content (AvgIpc) is 2.91. The number of rotatable bonds is 8. The molecule has 4 aromatic rings. The molecule has 0 radical (unpaired) electrons. The summed E-state index contributed by atoms with van der Waals surface area (Å²) < 4.78 is 34.6. The number of nitrogens with one attached hydrogen (secondary N) is 2. The number of sulfonamides is 1. The SMILES string of the molecule is COc1ccc(NC(=O)c2ncccc2C(=O)c2ccccc2)cc1S(=O)(=O)Nc1c(C)cccc1C. The molecule has 0 spiro atoms. The number of methoxy groups -OCH3 is 1. The van der Waals surface area contributed by atoms with Gasteiger partial charge in [-0.1, -0.05) is 48.5 Å². The maximum absolute atomic E-state index is 13.3. The van der Waals surface area contributed by atoms with Crippen molar-refractivity contribution in [2.75, 3.05) is 17.1 Å². The fourth-order valence-corrected chi connectivity index (χ4v) is 5.23. The van der Waals surface area contributed by atoms with Crippen LogP contribution in [-0.4, -0.2) is 32.2 Å². The van der Waals surface area contributed by atoms with Gasteiger partial charge in [0.1, 0.15) is 16.3 Å². The zero-order chi connectivity index (χ0) is 26.6. The lowest BCUT2D eigenvalue weighted by Crippen LogP contribution is -2.20. The second-order valence-corrected chi connectivity index (χ2v) is 9.94. The highest BCUT2D eigenvalue weighted by molar-refractivity contribution is 7.92. The first-order chi connectivity index (χ1) is 17.7. The molecule has 1 aromatic heterocycles. The lowest BCUT2D eigenvalue weighted by atomic mass is 10.0. The van der Waals surface area contributed by atoms with Gasteiger partial charge in [0.05, 0.1) is 18.4 Å². The number of ketones is 1. The molecular formula is C28H25N3O5S. The van der Waals surface area contributed by atoms with Gasteiger partial charge in [-0.2, -0.15) is 0 Å². The molecule has 3 aromatic carbocycles. The summed E-state index contributed by atoms with van der Waals surface area (Å²) in [6, 6.07) is 21.4. The number of carbonyl (C=O) groups excluding carboxylic acids is 2. The van der Waals surface area contributed by atoms with Crippen LogP contribution in [-0.2, 0) is 10.0 Å². The van der Waals surface area contributed by atoms with Gasteiger partial charge in [0.25, 0.3) is 15.9 Å². The van der Waals surface area contributed by atoms with E-state index in [9.17, 15) is 18.0 Å². The molecule has 1 heterocycles. The summed E-state index contributed by atoms with van der Waals surface area (Å²) in [4.78, 5) is 30.1. The van der Waals surface area contributed by atoms with Gasteiger partial charge < -0.3 is 10.1 Å². The van der Waals surface area contributed by atoms with Crippen molar-refractivity contribution in [2.24, 2.45) is 0 Å². The molecule has 37 heavy (non-hydrogen) atoms. The number of aromatic nitrogens is 1. The minimum Gasteiger partial charge on any atom is -0.495 e. The van der Waals surface area contributed by atoms with E-state index in [-0.39, 0.29) is 33.4 Å². The standard InChI is InChI=1S/C28H25N3O5S/c1-18-9-7-10-19(2)25(18)31-37(34,35)24-17-21(14-15-23(24)36-3)30-28(33)26-22(13-8-16-29-26)27(32)20-11-5-4-6-12-20/h4-17,31H,1-3H3,(H,30,33). The predicted molar refractivity (Wildman–Crippen MR) is 142 cm³/mol. The fraction of sp³-hybridized carbons (Fsp3) is 0.107. The van der Waals surface area contributed by atoms with Gasteiger partial charge in [0.2, 0.25) is 0 Å². The monoisotopic (exact) mass is 515 g/mol. The Morgan fingerprint density at radius 2 is 1.57 bits per heavy atom. The Hall–Kier alpha value is -4.50. The van der Waals surface area contributed by atoms with Crippen LogP contribution < -0.4 is 14.8 Å². The van der Waals surface area contributed by atoms with Crippen LogP contribution in [0.25, 0.3) is 0 Å². The number of para-hydroxylation sites is 1. The molecule has 0 saturated carbocycles. The van der Waals surface area contributed by atoms with Crippen molar-refractivity contribution in [1.29, 1.82) is 0 Å². The summed E-state index contributed by atoms with van der Waals surface area (Å²) in [7, 11) is -2.72. The summed E-state index contributed by atoms with van der Waals surface area (Å²) in [5, 5.41) is 2.65. The van der Waals surface area contributed by atoms with Crippen molar-refractivity contribution in [3.63, 3.8) is 0 Å². The molecule has 188 valence electrons. The van der Waals surface area contributed by atoms with Crippen molar-refractivity contribution in [3.8, 4) is 5.75 Å². The van der Waals surface area contributed by atoms with Crippen LogP contribution in [0.4, 0.5) is 11.4 Å². The summed E-state index contributed by atoms with van der Waals surface area (Å²) in [6.07, 6.45) is 1.41. The van der Waals surface area contributed by atoms with Crippen LogP contribution >= 0.6 is 0 Å². The zero-order valence-corrected chi connectivity index (χ0v) is 21.3. The van der Waals surface area contributed by atoms with Gasteiger partial charge in [-0.05, 0) is 55.3 Å². The number of hydrogen-bond donors (Lipinski definition) is 2. The number of ether oxygens (including phenoxy) is 1. The largest absolute Gasteiger partial charge is 0.495 e. The Labute approximate surface area is 215 Å². The van der Waals surface area contributed by atoms with Gasteiger partial charge in [-0.15, -0.1) is 0 Å². The van der Waals surface area contributed by atoms with Crippen LogP contribution in [0.1, 0.15) is 37.5 Å². The third-order valence-corrected chi connectivity index (χ3v) is 7.10. The summed E-state index contributed by atoms with van der Waals surface area (Å²) in [5.74, 6) is -0.903. The molecule has 0 fully saturated rings. The van der Waals surface area contributed by atoms with Gasteiger partial charge in [0.15, 0.2) is 5.78 Å². The quantitative estimate of drug-likeness (QED) is 0.320. The van der Waals surface area contributed by atoms with Crippen LogP contribution in [0.15, 0.2) is 90.0 Å². The number of aryl methyl sites for hydroxylation is 2. The maximum Gasteiger partial charge on any atom is 0.275 e. The minimum absolute atomic E-state index is 0.0785. The molecule has 0 atom stereocenters. The number of anilines is 2. The Bertz CT molecular complexity index is 1560. The van der Waals surface area contributed by atoms with E-state index in [1.54, 1.807) is 62.4 Å². The van der Waals surface area contributed by atoms with Crippen LogP contribution in [0.3, 0.4) is 0 Å². The van der Waals surface area contributed by atoms with Gasteiger partial charge >= 0.3 is 0 Å². The lowest BCUT2D eigenvalue weighted by Gasteiger charge is -2.16. The third-order valence-electron chi connectivity index (χ3n) is 5.73. The van der Waals surface area contributed by atoms with E-state index in [0.717, 1.165) is 11.1 Å². The maximum atomic E-state index is 13.3. The summed E-state index contributed by atoms with van der Waals surface area (Å²) in [6.45, 7) is 3.61. The van der Waals surface area contributed by atoms with E-state index in [0.29, 0.717) is 11.3 Å². The predicted octanol–water partition coefficient (Wildman–Crippen LogP) is 4.99. The molecular weight excluding hydrogens is 490 g/mol.